The van der Waals surface area contributed by atoms with Crippen LogP contribution in [-0.4, -0.2) is 80.9 Å². The van der Waals surface area contributed by atoms with Gasteiger partial charge in [-0.1, -0.05) is 29.8 Å². The van der Waals surface area contributed by atoms with Crippen LogP contribution >= 0.6 is 11.6 Å². The Morgan fingerprint density at radius 1 is 1.03 bits per heavy atom. The second-order valence-electron chi connectivity index (χ2n) is 9.06. The minimum absolute atomic E-state index is 0.217. The van der Waals surface area contributed by atoms with Gasteiger partial charge in [0.1, 0.15) is 5.82 Å². The number of aryl methyl sites for hydroxylation is 1. The van der Waals surface area contributed by atoms with E-state index in [4.69, 9.17) is 21.4 Å². The number of sulfonamides is 1. The highest BCUT2D eigenvalue weighted by Crippen LogP contribution is 2.31. The number of ether oxygens (including phenoxy) is 1. The maximum absolute atomic E-state index is 13.8. The molecule has 1 aromatic heterocycles. The molecule has 0 spiro atoms. The normalized spacial score (nSPS) is 15.1. The Morgan fingerprint density at radius 3 is 2.33 bits per heavy atom. The van der Waals surface area contributed by atoms with Crippen LogP contribution in [0.4, 0.5) is 5.82 Å². The summed E-state index contributed by atoms with van der Waals surface area (Å²) in [5.41, 5.74) is 2.68. The lowest BCUT2D eigenvalue weighted by molar-refractivity contribution is 0.186. The van der Waals surface area contributed by atoms with Gasteiger partial charge in [-0.2, -0.15) is 9.40 Å². The predicted octanol–water partition coefficient (Wildman–Crippen LogP) is 3.81. The topological polar surface area (TPSA) is 70.9 Å². The SMILES string of the molecule is COCCCN(Cc1c(C)nn(-c2ccccc2)c1N1CCN(C)CC1)S(=O)(=O)c1ccc(Cl)cc1. The fourth-order valence-corrected chi connectivity index (χ4v) is 6.00. The Balaban J connectivity index is 1.76. The van der Waals surface area contributed by atoms with Gasteiger partial charge in [-0.15, -0.1) is 0 Å². The van der Waals surface area contributed by atoms with Crippen LogP contribution in [0.5, 0.6) is 0 Å². The van der Waals surface area contributed by atoms with Crippen molar-refractivity contribution in [1.82, 2.24) is 19.0 Å². The molecule has 1 fully saturated rings. The number of nitrogens with zero attached hydrogens (tertiary/aromatic N) is 5. The van der Waals surface area contributed by atoms with Crippen LogP contribution < -0.4 is 4.90 Å². The van der Waals surface area contributed by atoms with E-state index in [1.54, 1.807) is 31.4 Å². The zero-order valence-corrected chi connectivity index (χ0v) is 22.7. The van der Waals surface area contributed by atoms with E-state index in [1.807, 2.05) is 41.9 Å². The van der Waals surface area contributed by atoms with Crippen LogP contribution in [0.1, 0.15) is 17.7 Å². The van der Waals surface area contributed by atoms with Gasteiger partial charge in [-0.3, -0.25) is 0 Å². The van der Waals surface area contributed by atoms with Crippen molar-refractivity contribution >= 4 is 27.4 Å². The Labute approximate surface area is 219 Å². The molecule has 0 amide bonds. The van der Waals surface area contributed by atoms with Gasteiger partial charge in [0.15, 0.2) is 0 Å². The first kappa shape index (κ1) is 26.6. The van der Waals surface area contributed by atoms with E-state index < -0.39 is 10.0 Å². The molecule has 0 radical (unpaired) electrons. The van der Waals surface area contributed by atoms with Gasteiger partial charge in [0.25, 0.3) is 0 Å². The zero-order valence-electron chi connectivity index (χ0n) is 21.1. The number of para-hydroxylation sites is 1. The number of benzene rings is 2. The molecule has 8 nitrogen and oxygen atoms in total. The first-order valence-corrected chi connectivity index (χ1v) is 13.9. The summed E-state index contributed by atoms with van der Waals surface area (Å²) >= 11 is 6.03. The molecule has 0 bridgehead atoms. The quantitative estimate of drug-likeness (QED) is 0.370. The molecule has 3 aromatic rings. The molecule has 194 valence electrons. The lowest BCUT2D eigenvalue weighted by Gasteiger charge is -2.35. The van der Waals surface area contributed by atoms with Gasteiger partial charge >= 0.3 is 0 Å². The highest BCUT2D eigenvalue weighted by molar-refractivity contribution is 7.89. The Bertz CT molecular complexity index is 1240. The number of rotatable bonds is 10. The second-order valence-corrected chi connectivity index (χ2v) is 11.4. The number of methoxy groups -OCH3 is 1. The summed E-state index contributed by atoms with van der Waals surface area (Å²) in [5, 5.41) is 5.39. The highest BCUT2D eigenvalue weighted by Gasteiger charge is 2.30. The molecule has 1 saturated heterocycles. The maximum Gasteiger partial charge on any atom is 0.243 e. The summed E-state index contributed by atoms with van der Waals surface area (Å²) in [5.74, 6) is 0.954. The predicted molar refractivity (Wildman–Crippen MR) is 144 cm³/mol. The van der Waals surface area contributed by atoms with E-state index in [1.165, 1.54) is 4.31 Å². The Kier molecular flexibility index (Phi) is 8.69. The minimum Gasteiger partial charge on any atom is -0.385 e. The number of aromatic nitrogens is 2. The van der Waals surface area contributed by atoms with Gasteiger partial charge in [0.2, 0.25) is 10.0 Å². The molecule has 1 aliphatic heterocycles. The lowest BCUT2D eigenvalue weighted by atomic mass is 10.2. The van der Waals surface area contributed by atoms with Crippen molar-refractivity contribution in [1.29, 1.82) is 0 Å². The number of halogens is 1. The molecule has 0 unspecified atom stereocenters. The molecule has 0 aliphatic carbocycles. The first-order chi connectivity index (χ1) is 17.3. The van der Waals surface area contributed by atoms with Crippen LogP contribution in [0.25, 0.3) is 5.69 Å². The molecule has 36 heavy (non-hydrogen) atoms. The monoisotopic (exact) mass is 531 g/mol. The number of piperazine rings is 1. The van der Waals surface area contributed by atoms with Crippen LogP contribution in [0.15, 0.2) is 59.5 Å². The number of anilines is 1. The summed E-state index contributed by atoms with van der Waals surface area (Å²) in [6, 6.07) is 16.3. The van der Waals surface area contributed by atoms with Crippen LogP contribution in [0, 0.1) is 6.92 Å². The molecular formula is C26H34ClN5O3S. The van der Waals surface area contributed by atoms with Crippen molar-refractivity contribution in [2.24, 2.45) is 0 Å². The smallest absolute Gasteiger partial charge is 0.243 e. The lowest BCUT2D eigenvalue weighted by Crippen LogP contribution is -2.45. The molecule has 10 heteroatoms. The summed E-state index contributed by atoms with van der Waals surface area (Å²) in [6.45, 7) is 6.52. The maximum atomic E-state index is 13.8. The minimum atomic E-state index is -3.77. The average Bonchev–Trinajstić information content (AvgIpc) is 3.20. The van der Waals surface area contributed by atoms with Crippen molar-refractivity contribution in [3.8, 4) is 5.69 Å². The van der Waals surface area contributed by atoms with Gasteiger partial charge in [-0.05, 0) is 56.8 Å². The van der Waals surface area contributed by atoms with Crippen molar-refractivity contribution in [3.05, 3.63) is 70.9 Å². The van der Waals surface area contributed by atoms with E-state index in [-0.39, 0.29) is 11.4 Å². The van der Waals surface area contributed by atoms with Crippen molar-refractivity contribution in [2.75, 3.05) is 58.4 Å². The van der Waals surface area contributed by atoms with Gasteiger partial charge in [0, 0.05) is 63.6 Å². The third-order valence-corrected chi connectivity index (χ3v) is 8.61. The van der Waals surface area contributed by atoms with Crippen LogP contribution in [-0.2, 0) is 21.3 Å². The van der Waals surface area contributed by atoms with E-state index in [9.17, 15) is 8.42 Å². The van der Waals surface area contributed by atoms with Crippen molar-refractivity contribution in [2.45, 2.75) is 24.8 Å². The largest absolute Gasteiger partial charge is 0.385 e. The van der Waals surface area contributed by atoms with E-state index in [0.29, 0.717) is 24.6 Å². The molecule has 1 aliphatic rings. The fourth-order valence-electron chi connectivity index (χ4n) is 4.43. The second kappa shape index (κ2) is 11.7. The van der Waals surface area contributed by atoms with Crippen molar-refractivity contribution < 1.29 is 13.2 Å². The molecule has 0 atom stereocenters. The number of hydrogen-bond donors (Lipinski definition) is 0. The number of hydrogen-bond acceptors (Lipinski definition) is 6. The summed E-state index contributed by atoms with van der Waals surface area (Å²) in [4.78, 5) is 4.84. The molecule has 2 heterocycles. The summed E-state index contributed by atoms with van der Waals surface area (Å²) in [6.07, 6.45) is 0.582. The number of likely N-dealkylation sites (N-methyl/N-ethyl adjacent to an activating group) is 1. The molecule has 4 rings (SSSR count). The molecular weight excluding hydrogens is 498 g/mol. The molecule has 0 saturated carbocycles. The fraction of sp³-hybridized carbons (Fsp3) is 0.423. The highest BCUT2D eigenvalue weighted by atomic mass is 35.5. The third-order valence-electron chi connectivity index (χ3n) is 6.50. The van der Waals surface area contributed by atoms with E-state index >= 15 is 0 Å². The standard InChI is InChI=1S/C26H34ClN5O3S/c1-21-25(20-31(14-7-19-35-3)36(33,34)24-12-10-22(27)11-13-24)26(30-17-15-29(2)16-18-30)32(28-21)23-8-5-4-6-9-23/h4-6,8-13H,7,14-20H2,1-3H3. The van der Waals surface area contributed by atoms with E-state index in [2.05, 4.69) is 16.8 Å². The summed E-state index contributed by atoms with van der Waals surface area (Å²) < 4.78 is 36.2. The van der Waals surface area contributed by atoms with Gasteiger partial charge < -0.3 is 14.5 Å². The van der Waals surface area contributed by atoms with Crippen molar-refractivity contribution in [3.63, 3.8) is 0 Å². The van der Waals surface area contributed by atoms with E-state index in [0.717, 1.165) is 48.9 Å². The third kappa shape index (κ3) is 5.92. The first-order valence-electron chi connectivity index (χ1n) is 12.1. The molecule has 2 aromatic carbocycles. The summed E-state index contributed by atoms with van der Waals surface area (Å²) in [7, 11) is -0.0277. The van der Waals surface area contributed by atoms with Crippen LogP contribution in [0.3, 0.4) is 0 Å². The average molecular weight is 532 g/mol. The Morgan fingerprint density at radius 2 is 1.69 bits per heavy atom. The Hall–Kier alpha value is -2.43. The van der Waals surface area contributed by atoms with Crippen LogP contribution in [0.2, 0.25) is 5.02 Å². The molecule has 0 N–H and O–H groups in total. The van der Waals surface area contributed by atoms with Gasteiger partial charge in [-0.25, -0.2) is 13.1 Å². The van der Waals surface area contributed by atoms with Gasteiger partial charge in [0.05, 0.1) is 16.3 Å². The zero-order chi connectivity index (χ0) is 25.7.